The van der Waals surface area contributed by atoms with Crippen LogP contribution in [0.25, 0.3) is 6.08 Å². The summed E-state index contributed by atoms with van der Waals surface area (Å²) in [6.07, 6.45) is 4.26. The highest BCUT2D eigenvalue weighted by Crippen LogP contribution is 2.13. The monoisotopic (exact) mass is 233 g/mol. The van der Waals surface area contributed by atoms with Gasteiger partial charge in [-0.1, -0.05) is 24.3 Å². The quantitative estimate of drug-likeness (QED) is 0.867. The lowest BCUT2D eigenvalue weighted by molar-refractivity contribution is 0.0637. The van der Waals surface area contributed by atoms with Crippen molar-refractivity contribution in [2.45, 2.75) is 19.0 Å². The Kier molecular flexibility index (Phi) is 4.18. The van der Waals surface area contributed by atoms with Crippen LogP contribution < -0.4 is 10.1 Å². The molecular formula is C14H19NO2. The summed E-state index contributed by atoms with van der Waals surface area (Å²) >= 11 is 0. The summed E-state index contributed by atoms with van der Waals surface area (Å²) in [4.78, 5) is 0. The Hall–Kier alpha value is -1.32. The van der Waals surface area contributed by atoms with Crippen LogP contribution in [0.5, 0.6) is 5.75 Å². The van der Waals surface area contributed by atoms with Crippen LogP contribution in [0.2, 0.25) is 0 Å². The van der Waals surface area contributed by atoms with E-state index in [1.807, 2.05) is 24.3 Å². The summed E-state index contributed by atoms with van der Waals surface area (Å²) in [6.45, 7) is 3.68. The van der Waals surface area contributed by atoms with E-state index in [0.29, 0.717) is 12.1 Å². The van der Waals surface area contributed by atoms with Gasteiger partial charge in [-0.05, 0) is 24.6 Å². The number of methoxy groups -OCH3 is 1. The lowest BCUT2D eigenvalue weighted by Crippen LogP contribution is -2.46. The number of benzene rings is 1. The first-order chi connectivity index (χ1) is 8.28. The SMILES string of the molecule is COc1ccc(/C=C/C2COCC(C)N2)cc1. The first kappa shape index (κ1) is 12.1. The van der Waals surface area contributed by atoms with Gasteiger partial charge in [0, 0.05) is 12.1 Å². The van der Waals surface area contributed by atoms with Crippen LogP contribution >= 0.6 is 0 Å². The van der Waals surface area contributed by atoms with E-state index >= 15 is 0 Å². The Labute approximate surface area is 102 Å². The highest BCUT2D eigenvalue weighted by atomic mass is 16.5. The molecule has 1 saturated heterocycles. The van der Waals surface area contributed by atoms with Crippen LogP contribution in [0, 0.1) is 0 Å². The minimum Gasteiger partial charge on any atom is -0.497 e. The fourth-order valence-electron chi connectivity index (χ4n) is 1.89. The molecule has 1 aromatic carbocycles. The van der Waals surface area contributed by atoms with Crippen LogP contribution in [0.1, 0.15) is 12.5 Å². The van der Waals surface area contributed by atoms with Gasteiger partial charge < -0.3 is 14.8 Å². The van der Waals surface area contributed by atoms with Gasteiger partial charge >= 0.3 is 0 Å². The van der Waals surface area contributed by atoms with Crippen molar-refractivity contribution in [1.29, 1.82) is 0 Å². The van der Waals surface area contributed by atoms with Gasteiger partial charge in [0.15, 0.2) is 0 Å². The predicted octanol–water partition coefficient (Wildman–Crippen LogP) is 2.09. The Morgan fingerprint density at radius 1 is 1.29 bits per heavy atom. The molecule has 0 saturated carbocycles. The van der Waals surface area contributed by atoms with Crippen molar-refractivity contribution in [1.82, 2.24) is 5.32 Å². The lowest BCUT2D eigenvalue weighted by Gasteiger charge is -2.26. The van der Waals surface area contributed by atoms with Crippen molar-refractivity contribution >= 4 is 6.08 Å². The molecule has 0 aliphatic carbocycles. The summed E-state index contributed by atoms with van der Waals surface area (Å²) in [6, 6.07) is 8.75. The third-order valence-electron chi connectivity index (χ3n) is 2.80. The molecule has 2 rings (SSSR count). The molecule has 2 unspecified atom stereocenters. The summed E-state index contributed by atoms with van der Waals surface area (Å²) in [7, 11) is 1.68. The van der Waals surface area contributed by atoms with Crippen LogP contribution in [-0.2, 0) is 4.74 Å². The molecular weight excluding hydrogens is 214 g/mol. The van der Waals surface area contributed by atoms with Gasteiger partial charge in [0.05, 0.1) is 20.3 Å². The van der Waals surface area contributed by atoms with Gasteiger partial charge in [-0.3, -0.25) is 0 Å². The number of hydrogen-bond donors (Lipinski definition) is 1. The molecule has 17 heavy (non-hydrogen) atoms. The molecule has 0 radical (unpaired) electrons. The minimum absolute atomic E-state index is 0.306. The fourth-order valence-corrected chi connectivity index (χ4v) is 1.89. The van der Waals surface area contributed by atoms with E-state index in [1.54, 1.807) is 7.11 Å². The van der Waals surface area contributed by atoms with Crippen molar-refractivity contribution in [3.8, 4) is 5.75 Å². The Bertz CT molecular complexity index is 372. The van der Waals surface area contributed by atoms with Gasteiger partial charge in [-0.2, -0.15) is 0 Å². The molecule has 3 nitrogen and oxygen atoms in total. The summed E-state index contributed by atoms with van der Waals surface area (Å²) in [5.41, 5.74) is 1.17. The van der Waals surface area contributed by atoms with Crippen LogP contribution in [0.3, 0.4) is 0 Å². The van der Waals surface area contributed by atoms with E-state index in [9.17, 15) is 0 Å². The summed E-state index contributed by atoms with van der Waals surface area (Å²) < 4.78 is 10.6. The highest BCUT2D eigenvalue weighted by Gasteiger charge is 2.15. The number of hydrogen-bond acceptors (Lipinski definition) is 3. The van der Waals surface area contributed by atoms with Gasteiger partial charge in [0.2, 0.25) is 0 Å². The van der Waals surface area contributed by atoms with Gasteiger partial charge in [0.1, 0.15) is 5.75 Å². The zero-order valence-corrected chi connectivity index (χ0v) is 10.3. The molecule has 0 aromatic heterocycles. The number of rotatable bonds is 3. The second-order valence-corrected chi connectivity index (χ2v) is 4.34. The first-order valence-electron chi connectivity index (χ1n) is 5.94. The fraction of sp³-hybridized carbons (Fsp3) is 0.429. The molecule has 1 aromatic rings. The molecule has 1 fully saturated rings. The van der Waals surface area contributed by atoms with Crippen LogP contribution in [-0.4, -0.2) is 32.4 Å². The Morgan fingerprint density at radius 2 is 2.06 bits per heavy atom. The third-order valence-corrected chi connectivity index (χ3v) is 2.80. The van der Waals surface area contributed by atoms with E-state index in [1.165, 1.54) is 5.56 Å². The Morgan fingerprint density at radius 3 is 2.71 bits per heavy atom. The standard InChI is InChI=1S/C14H19NO2/c1-11-9-17-10-13(15-11)6-3-12-4-7-14(16-2)8-5-12/h3-8,11,13,15H,9-10H2,1-2H3/b6-3+. The van der Waals surface area contributed by atoms with E-state index in [0.717, 1.165) is 19.0 Å². The lowest BCUT2D eigenvalue weighted by atomic mass is 10.1. The zero-order valence-electron chi connectivity index (χ0n) is 10.3. The van der Waals surface area contributed by atoms with Crippen molar-refractivity contribution in [2.24, 2.45) is 0 Å². The van der Waals surface area contributed by atoms with Crippen molar-refractivity contribution < 1.29 is 9.47 Å². The molecule has 1 aliphatic heterocycles. The number of nitrogens with one attached hydrogen (secondary N) is 1. The maximum absolute atomic E-state index is 5.49. The van der Waals surface area contributed by atoms with Crippen molar-refractivity contribution in [2.75, 3.05) is 20.3 Å². The predicted molar refractivity (Wildman–Crippen MR) is 69.2 cm³/mol. The maximum Gasteiger partial charge on any atom is 0.118 e. The second kappa shape index (κ2) is 5.84. The molecule has 1 heterocycles. The first-order valence-corrected chi connectivity index (χ1v) is 5.94. The second-order valence-electron chi connectivity index (χ2n) is 4.34. The molecule has 1 aliphatic rings. The molecule has 0 spiro atoms. The van der Waals surface area contributed by atoms with E-state index in [-0.39, 0.29) is 0 Å². The highest BCUT2D eigenvalue weighted by molar-refractivity contribution is 5.51. The molecule has 1 N–H and O–H groups in total. The summed E-state index contributed by atoms with van der Waals surface area (Å²) in [5.74, 6) is 0.884. The molecule has 0 amide bonds. The number of morpholine rings is 1. The van der Waals surface area contributed by atoms with E-state index in [2.05, 4.69) is 24.4 Å². The third kappa shape index (κ3) is 3.58. The van der Waals surface area contributed by atoms with Gasteiger partial charge in [0.25, 0.3) is 0 Å². The van der Waals surface area contributed by atoms with Crippen molar-refractivity contribution in [3.05, 3.63) is 35.9 Å². The average molecular weight is 233 g/mol. The van der Waals surface area contributed by atoms with Crippen LogP contribution in [0.4, 0.5) is 0 Å². The number of ether oxygens (including phenoxy) is 2. The summed E-state index contributed by atoms with van der Waals surface area (Å²) in [5, 5.41) is 3.47. The van der Waals surface area contributed by atoms with Crippen LogP contribution in [0.15, 0.2) is 30.3 Å². The largest absolute Gasteiger partial charge is 0.497 e. The molecule has 2 atom stereocenters. The van der Waals surface area contributed by atoms with Gasteiger partial charge in [-0.25, -0.2) is 0 Å². The van der Waals surface area contributed by atoms with Crippen molar-refractivity contribution in [3.63, 3.8) is 0 Å². The van der Waals surface area contributed by atoms with E-state index in [4.69, 9.17) is 9.47 Å². The molecule has 92 valence electrons. The molecule has 3 heteroatoms. The average Bonchev–Trinajstić information content (AvgIpc) is 2.37. The van der Waals surface area contributed by atoms with E-state index < -0.39 is 0 Å². The maximum atomic E-state index is 5.49. The Balaban J connectivity index is 1.94. The van der Waals surface area contributed by atoms with Gasteiger partial charge in [-0.15, -0.1) is 0 Å². The topological polar surface area (TPSA) is 30.5 Å². The normalized spacial score (nSPS) is 25.1. The molecule has 0 bridgehead atoms. The smallest absolute Gasteiger partial charge is 0.118 e. The zero-order chi connectivity index (χ0) is 12.1. The minimum atomic E-state index is 0.306.